The number of carbonyl (C=O) groups excluding carboxylic acids is 1. The molecular weight excluding hydrogens is 402 g/mol. The maximum atomic E-state index is 12.9. The third-order valence-corrected chi connectivity index (χ3v) is 5.78. The molecule has 4 rings (SSSR count). The minimum absolute atomic E-state index is 0.120. The Morgan fingerprint density at radius 3 is 2.67 bits per heavy atom. The van der Waals surface area contributed by atoms with Crippen LogP contribution >= 0.6 is 11.3 Å². The molecule has 1 aliphatic rings. The molecule has 0 aromatic carbocycles. The minimum Gasteiger partial charge on any atom is -0.419 e. The van der Waals surface area contributed by atoms with Crippen molar-refractivity contribution in [2.45, 2.75) is 19.9 Å². The normalized spacial score (nSPS) is 14.5. The molecule has 0 unspecified atom stereocenters. The topological polar surface area (TPSA) is 91.5 Å². The zero-order chi connectivity index (χ0) is 20.8. The van der Waals surface area contributed by atoms with Gasteiger partial charge in [0.25, 0.3) is 5.89 Å². The van der Waals surface area contributed by atoms with Crippen molar-refractivity contribution in [2.24, 2.45) is 0 Å². The number of hydrogen-bond acceptors (Lipinski definition) is 9. The molecule has 0 atom stereocenters. The Bertz CT molecular complexity index is 924. The molecule has 1 aliphatic heterocycles. The van der Waals surface area contributed by atoms with E-state index in [1.807, 2.05) is 22.4 Å². The average molecular weight is 428 g/mol. The van der Waals surface area contributed by atoms with Crippen LogP contribution in [0.5, 0.6) is 0 Å². The van der Waals surface area contributed by atoms with Gasteiger partial charge in [-0.2, -0.15) is 0 Å². The summed E-state index contributed by atoms with van der Waals surface area (Å²) in [5.74, 6) is 1.90. The first-order valence-electron chi connectivity index (χ1n) is 10.1. The van der Waals surface area contributed by atoms with Gasteiger partial charge in [0.05, 0.1) is 18.0 Å². The van der Waals surface area contributed by atoms with Crippen molar-refractivity contribution >= 4 is 23.2 Å². The van der Waals surface area contributed by atoms with Crippen LogP contribution < -0.4 is 4.90 Å². The first-order valence-corrected chi connectivity index (χ1v) is 11.0. The van der Waals surface area contributed by atoms with E-state index < -0.39 is 0 Å². The van der Waals surface area contributed by atoms with Crippen molar-refractivity contribution < 1.29 is 9.21 Å². The number of carbonyl (C=O) groups is 1. The lowest BCUT2D eigenvalue weighted by Crippen LogP contribution is -2.51. The maximum absolute atomic E-state index is 12.9. The molecule has 3 aromatic heterocycles. The van der Waals surface area contributed by atoms with Crippen LogP contribution in [0, 0.1) is 0 Å². The summed E-state index contributed by atoms with van der Waals surface area (Å²) in [5, 5.41) is 10.3. The Morgan fingerprint density at radius 2 is 1.97 bits per heavy atom. The summed E-state index contributed by atoms with van der Waals surface area (Å²) >= 11 is 1.56. The van der Waals surface area contributed by atoms with Crippen LogP contribution in [-0.2, 0) is 11.3 Å². The molecule has 0 radical (unpaired) electrons. The van der Waals surface area contributed by atoms with Crippen molar-refractivity contribution in [3.8, 4) is 10.8 Å². The van der Waals surface area contributed by atoms with E-state index in [2.05, 4.69) is 36.9 Å². The second-order valence-electron chi connectivity index (χ2n) is 7.11. The third-order valence-electron chi connectivity index (χ3n) is 4.92. The summed E-state index contributed by atoms with van der Waals surface area (Å²) in [6.07, 6.45) is 4.42. The number of anilines is 1. The highest BCUT2D eigenvalue weighted by Crippen LogP contribution is 2.23. The minimum atomic E-state index is 0.120. The lowest BCUT2D eigenvalue weighted by molar-refractivity contribution is -0.132. The zero-order valence-corrected chi connectivity index (χ0v) is 17.8. The predicted molar refractivity (Wildman–Crippen MR) is 114 cm³/mol. The summed E-state index contributed by atoms with van der Waals surface area (Å²) in [4.78, 5) is 28.5. The van der Waals surface area contributed by atoms with Gasteiger partial charge < -0.3 is 14.2 Å². The molecule has 9 nitrogen and oxygen atoms in total. The van der Waals surface area contributed by atoms with Crippen LogP contribution in [0.4, 0.5) is 5.95 Å². The summed E-state index contributed by atoms with van der Waals surface area (Å²) in [6, 6.07) is 5.71. The standard InChI is InChI=1S/C20H25N7O2S/c1-2-8-25(14-17-23-24-19(29-17)16-5-3-13-30-16)15-18(28)26-9-11-27(12-10-26)20-21-6-4-7-22-20/h3-7,13H,2,8-12,14-15H2,1H3. The molecule has 0 spiro atoms. The highest BCUT2D eigenvalue weighted by Gasteiger charge is 2.24. The van der Waals surface area contributed by atoms with Crippen molar-refractivity contribution in [3.63, 3.8) is 0 Å². The van der Waals surface area contributed by atoms with Crippen molar-refractivity contribution in [1.29, 1.82) is 0 Å². The van der Waals surface area contributed by atoms with Gasteiger partial charge in [-0.05, 0) is 30.5 Å². The SMILES string of the molecule is CCCN(CC(=O)N1CCN(c2ncccn2)CC1)Cc1nnc(-c2cccs2)o1. The van der Waals surface area contributed by atoms with Crippen molar-refractivity contribution in [3.05, 3.63) is 41.9 Å². The Hall–Kier alpha value is -2.85. The fourth-order valence-electron chi connectivity index (χ4n) is 3.44. The van der Waals surface area contributed by atoms with E-state index in [0.717, 1.165) is 36.9 Å². The van der Waals surface area contributed by atoms with Crippen LogP contribution in [0.15, 0.2) is 40.4 Å². The molecule has 0 aliphatic carbocycles. The molecule has 1 fully saturated rings. The first-order chi connectivity index (χ1) is 14.7. The van der Waals surface area contributed by atoms with Gasteiger partial charge in [0.1, 0.15) is 0 Å². The van der Waals surface area contributed by atoms with E-state index in [-0.39, 0.29) is 5.91 Å². The molecule has 1 saturated heterocycles. The number of rotatable bonds is 8. The molecule has 158 valence electrons. The highest BCUT2D eigenvalue weighted by molar-refractivity contribution is 7.13. The molecule has 3 aromatic rings. The van der Waals surface area contributed by atoms with Crippen LogP contribution in [0.3, 0.4) is 0 Å². The molecular formula is C20H25N7O2S. The van der Waals surface area contributed by atoms with Gasteiger partial charge in [0.2, 0.25) is 17.7 Å². The van der Waals surface area contributed by atoms with Gasteiger partial charge >= 0.3 is 0 Å². The quantitative estimate of drug-likeness (QED) is 0.540. The number of amides is 1. The van der Waals surface area contributed by atoms with E-state index in [0.29, 0.717) is 38.0 Å². The second kappa shape index (κ2) is 9.77. The van der Waals surface area contributed by atoms with Gasteiger partial charge in [0.15, 0.2) is 0 Å². The lowest BCUT2D eigenvalue weighted by Gasteiger charge is -2.35. The van der Waals surface area contributed by atoms with Gasteiger partial charge in [-0.3, -0.25) is 9.69 Å². The molecule has 0 saturated carbocycles. The number of hydrogen-bond donors (Lipinski definition) is 0. The van der Waals surface area contributed by atoms with Gasteiger partial charge in [-0.25, -0.2) is 9.97 Å². The number of piperazine rings is 1. The largest absolute Gasteiger partial charge is 0.419 e. The Balaban J connectivity index is 1.31. The van der Waals surface area contributed by atoms with E-state index in [1.54, 1.807) is 29.8 Å². The van der Waals surface area contributed by atoms with E-state index in [4.69, 9.17) is 4.42 Å². The van der Waals surface area contributed by atoms with Crippen LogP contribution in [0.2, 0.25) is 0 Å². The average Bonchev–Trinajstić information content (AvgIpc) is 3.47. The fourth-order valence-corrected chi connectivity index (χ4v) is 4.08. The Kier molecular flexibility index (Phi) is 6.65. The maximum Gasteiger partial charge on any atom is 0.257 e. The van der Waals surface area contributed by atoms with Crippen LogP contribution in [-0.4, -0.2) is 75.1 Å². The zero-order valence-electron chi connectivity index (χ0n) is 17.0. The number of thiophene rings is 1. The van der Waals surface area contributed by atoms with Gasteiger partial charge in [-0.15, -0.1) is 21.5 Å². The van der Waals surface area contributed by atoms with E-state index in [1.165, 1.54) is 0 Å². The van der Waals surface area contributed by atoms with Crippen LogP contribution in [0.25, 0.3) is 10.8 Å². The monoisotopic (exact) mass is 427 g/mol. The number of aromatic nitrogens is 4. The second-order valence-corrected chi connectivity index (χ2v) is 8.05. The highest BCUT2D eigenvalue weighted by atomic mass is 32.1. The van der Waals surface area contributed by atoms with Gasteiger partial charge in [-0.1, -0.05) is 13.0 Å². The molecule has 30 heavy (non-hydrogen) atoms. The van der Waals surface area contributed by atoms with E-state index in [9.17, 15) is 4.79 Å². The summed E-state index contributed by atoms with van der Waals surface area (Å²) < 4.78 is 5.80. The third kappa shape index (κ3) is 5.00. The Morgan fingerprint density at radius 1 is 1.17 bits per heavy atom. The first kappa shape index (κ1) is 20.4. The fraction of sp³-hybridized carbons (Fsp3) is 0.450. The molecule has 4 heterocycles. The Labute approximate surface area is 179 Å². The lowest BCUT2D eigenvalue weighted by atomic mass is 10.3. The summed E-state index contributed by atoms with van der Waals surface area (Å²) in [7, 11) is 0. The molecule has 0 bridgehead atoms. The van der Waals surface area contributed by atoms with E-state index >= 15 is 0 Å². The van der Waals surface area contributed by atoms with Crippen molar-refractivity contribution in [1.82, 2.24) is 30.0 Å². The predicted octanol–water partition coefficient (Wildman–Crippen LogP) is 2.15. The molecule has 1 amide bonds. The molecule has 10 heteroatoms. The summed E-state index contributed by atoms with van der Waals surface area (Å²) in [6.45, 7) is 6.50. The van der Waals surface area contributed by atoms with Crippen molar-refractivity contribution in [2.75, 3.05) is 44.2 Å². The van der Waals surface area contributed by atoms with Gasteiger partial charge in [0, 0.05) is 38.6 Å². The number of nitrogens with zero attached hydrogens (tertiary/aromatic N) is 7. The molecule has 0 N–H and O–H groups in total. The smallest absolute Gasteiger partial charge is 0.257 e. The summed E-state index contributed by atoms with van der Waals surface area (Å²) in [5.41, 5.74) is 0. The van der Waals surface area contributed by atoms with Crippen LogP contribution in [0.1, 0.15) is 19.2 Å².